The Labute approximate surface area is 363 Å². The summed E-state index contributed by atoms with van der Waals surface area (Å²) < 4.78 is 61.8. The van der Waals surface area contributed by atoms with E-state index in [0.717, 1.165) is 12.7 Å². The molecule has 0 radical (unpaired) electrons. The van der Waals surface area contributed by atoms with Crippen LogP contribution in [0.3, 0.4) is 0 Å². The molecule has 5 rings (SSSR count). The van der Waals surface area contributed by atoms with Crippen LogP contribution in [0.1, 0.15) is 64.5 Å². The average molecular weight is 897 g/mol. The smallest absolute Gasteiger partial charge is 0.459 e. The van der Waals surface area contributed by atoms with E-state index in [1.807, 2.05) is 6.07 Å². The Bertz CT molecular complexity index is 2290. The van der Waals surface area contributed by atoms with Crippen LogP contribution >= 0.6 is 7.75 Å². The normalized spacial score (nSPS) is 20.3. The van der Waals surface area contributed by atoms with Gasteiger partial charge in [0.2, 0.25) is 0 Å². The third-order valence-corrected chi connectivity index (χ3v) is 11.5. The molecule has 4 N–H and O–H groups in total. The molecule has 1 aliphatic rings. The number of benzene rings is 2. The predicted octanol–water partition coefficient (Wildman–Crippen LogP) is 4.64. The first-order valence-corrected chi connectivity index (χ1v) is 21.5. The number of rotatable bonds is 19. The molecule has 1 aliphatic heterocycles. The number of hydrogen-bond acceptors (Lipinski definition) is 17. The van der Waals surface area contributed by atoms with Crippen molar-refractivity contribution < 1.29 is 66.0 Å². The zero-order chi connectivity index (χ0) is 46.1. The second-order valence-electron chi connectivity index (χ2n) is 15.5. The number of esters is 4. The molecule has 1 saturated heterocycles. The highest BCUT2D eigenvalue weighted by molar-refractivity contribution is 7.52. The highest BCUT2D eigenvalue weighted by Crippen LogP contribution is 2.50. The molecular weight excluding hydrogens is 843 g/mol. The van der Waals surface area contributed by atoms with E-state index < -0.39 is 92.2 Å². The summed E-state index contributed by atoms with van der Waals surface area (Å²) in [5.41, 5.74) is 6.48. The zero-order valence-corrected chi connectivity index (χ0v) is 37.1. The fraction of sp³-hybridized carbons (Fsp3) is 0.452. The molecule has 63 heavy (non-hydrogen) atoms. The Morgan fingerprint density at radius 1 is 0.857 bits per heavy atom. The molecule has 21 heteroatoms. The first-order chi connectivity index (χ1) is 29.9. The lowest BCUT2D eigenvalue weighted by atomic mass is 9.95. The van der Waals surface area contributed by atoms with Crippen LogP contribution in [0.4, 0.5) is 10.6 Å². The minimum Gasteiger partial charge on any atom is -0.468 e. The number of carbonyl (C=O) groups is 5. The van der Waals surface area contributed by atoms with E-state index in [2.05, 4.69) is 20.5 Å². The first-order valence-electron chi connectivity index (χ1n) is 20.0. The van der Waals surface area contributed by atoms with Crippen LogP contribution in [-0.4, -0.2) is 95.3 Å². The van der Waals surface area contributed by atoms with Crippen molar-refractivity contribution in [3.05, 3.63) is 89.9 Å². The number of nitrogens with two attached hydrogens (primary N) is 1. The average Bonchev–Trinajstić information content (AvgIpc) is 3.81. The largest absolute Gasteiger partial charge is 0.468 e. The fourth-order valence-electron chi connectivity index (χ4n) is 6.38. The molecule has 1 fully saturated rings. The van der Waals surface area contributed by atoms with Gasteiger partial charge in [-0.05, 0) is 49.2 Å². The van der Waals surface area contributed by atoms with Crippen molar-refractivity contribution in [2.45, 2.75) is 90.6 Å². The van der Waals surface area contributed by atoms with Gasteiger partial charge in [-0.25, -0.2) is 23.7 Å². The predicted molar refractivity (Wildman–Crippen MR) is 224 cm³/mol. The number of amides is 1. The molecule has 3 heterocycles. The van der Waals surface area contributed by atoms with Crippen LogP contribution in [0.5, 0.6) is 5.75 Å². The van der Waals surface area contributed by atoms with Gasteiger partial charge in [-0.15, -0.1) is 0 Å². The fourth-order valence-corrected chi connectivity index (χ4v) is 7.97. The third-order valence-electron chi connectivity index (χ3n) is 9.84. The molecule has 0 spiro atoms. The lowest BCUT2D eigenvalue weighted by molar-refractivity contribution is -0.175. The number of nitrogens with one attached hydrogen (secondary N) is 2. The molecule has 2 aromatic carbocycles. The Balaban J connectivity index is 1.41. The van der Waals surface area contributed by atoms with Gasteiger partial charge in [0, 0.05) is 6.42 Å². The maximum Gasteiger partial charge on any atom is 0.459 e. The summed E-state index contributed by atoms with van der Waals surface area (Å²) in [6.07, 6.45) is -3.41. The number of alkyl carbamates (subject to hydrolysis) is 1. The molecule has 0 bridgehead atoms. The highest BCUT2D eigenvalue weighted by atomic mass is 31.2. The van der Waals surface area contributed by atoms with Gasteiger partial charge in [-0.2, -0.15) is 10.2 Å². The van der Waals surface area contributed by atoms with E-state index in [1.54, 1.807) is 76.2 Å². The number of methoxy groups -OCH3 is 2. The number of nitrogen functional groups attached to an aromatic ring is 1. The lowest BCUT2D eigenvalue weighted by Gasteiger charge is -2.33. The van der Waals surface area contributed by atoms with Gasteiger partial charge < -0.3 is 44.0 Å². The van der Waals surface area contributed by atoms with Crippen molar-refractivity contribution in [2.75, 3.05) is 26.6 Å². The maximum absolute atomic E-state index is 14.7. The van der Waals surface area contributed by atoms with Crippen molar-refractivity contribution >= 4 is 49.1 Å². The number of fused-ring (bicyclic) bond motifs is 1. The van der Waals surface area contributed by atoms with Crippen molar-refractivity contribution in [3.63, 3.8) is 0 Å². The molecular formula is C42H53N6O14P. The summed E-state index contributed by atoms with van der Waals surface area (Å²) in [5, 5.41) is 9.41. The number of anilines is 1. The molecule has 0 saturated carbocycles. The van der Waals surface area contributed by atoms with Crippen molar-refractivity contribution in [2.24, 2.45) is 11.8 Å². The summed E-state index contributed by atoms with van der Waals surface area (Å²) in [6, 6.07) is 15.9. The van der Waals surface area contributed by atoms with E-state index in [9.17, 15) is 28.5 Å². The second-order valence-corrected chi connectivity index (χ2v) is 17.2. The standard InChI is InChI=1S/C42H53N6O14P/c1-24(2)37(49)59-34-33(31-18-19-32-36(43)44-23-45-48(31)32)61-42(6,35(34)60-38(50)25(3)4)22-58-63(54,47-26(5)39(51)55-7)62-29-16-14-27(15-17-29)20-30(40(52)56-8)46-41(53)57-21-28-12-10-9-11-13-28/h9-19,23-26,30,33-35H,20-22H2,1-8H3,(H,46,53)(H,47,54)(H2,43,44,45)/t26-,30-,33-,34-,35-,42+,63?/m0/s1. The van der Waals surface area contributed by atoms with E-state index in [-0.39, 0.29) is 24.6 Å². The minimum atomic E-state index is -4.61. The van der Waals surface area contributed by atoms with Crippen LogP contribution in [0.15, 0.2) is 73.1 Å². The summed E-state index contributed by atoms with van der Waals surface area (Å²) in [5.74, 6) is -3.85. The quantitative estimate of drug-likeness (QED) is 0.0658. The van der Waals surface area contributed by atoms with Crippen LogP contribution in [0.2, 0.25) is 0 Å². The van der Waals surface area contributed by atoms with Crippen LogP contribution in [-0.2, 0) is 69.7 Å². The number of ether oxygens (including phenoxy) is 6. The number of nitrogens with zero attached hydrogens (tertiary/aromatic N) is 3. The number of hydrogen-bond donors (Lipinski definition) is 3. The summed E-state index contributed by atoms with van der Waals surface area (Å²) in [4.78, 5) is 68.4. The topological polar surface area (TPSA) is 257 Å². The molecule has 340 valence electrons. The molecule has 1 unspecified atom stereocenters. The van der Waals surface area contributed by atoms with Gasteiger partial charge in [-0.3, -0.25) is 18.9 Å². The van der Waals surface area contributed by atoms with E-state index in [0.29, 0.717) is 16.8 Å². The van der Waals surface area contributed by atoms with Gasteiger partial charge in [0.25, 0.3) is 0 Å². The third kappa shape index (κ3) is 12.1. The first kappa shape index (κ1) is 48.0. The van der Waals surface area contributed by atoms with Gasteiger partial charge in [0.15, 0.2) is 18.0 Å². The Morgan fingerprint density at radius 3 is 2.14 bits per heavy atom. The minimum absolute atomic E-state index is 0.00433. The highest BCUT2D eigenvalue weighted by Gasteiger charge is 2.59. The monoisotopic (exact) mass is 896 g/mol. The summed E-state index contributed by atoms with van der Waals surface area (Å²) >= 11 is 0. The van der Waals surface area contributed by atoms with Crippen molar-refractivity contribution in [1.82, 2.24) is 25.0 Å². The van der Waals surface area contributed by atoms with Crippen molar-refractivity contribution in [1.29, 1.82) is 0 Å². The number of aromatic nitrogens is 3. The number of carbonyl (C=O) groups excluding carboxylic acids is 5. The van der Waals surface area contributed by atoms with E-state index in [1.165, 1.54) is 43.9 Å². The zero-order valence-electron chi connectivity index (χ0n) is 36.2. The lowest BCUT2D eigenvalue weighted by Crippen LogP contribution is -2.49. The Morgan fingerprint density at radius 2 is 1.51 bits per heavy atom. The SMILES string of the molecule is COC(=O)[C@H](C)NP(=O)(OC[C@@]1(C)O[C@@H](c2ccc3c(N)ncnn23)[C@H](OC(=O)C(C)C)[C@@H]1OC(=O)C(C)C)Oc1ccc(C[C@H](NC(=O)OCc2ccccc2)C(=O)OC)cc1. The maximum atomic E-state index is 14.7. The van der Waals surface area contributed by atoms with Crippen LogP contribution < -0.4 is 20.7 Å². The summed E-state index contributed by atoms with van der Waals surface area (Å²) in [6.45, 7) is 8.77. The van der Waals surface area contributed by atoms with E-state index >= 15 is 0 Å². The molecule has 20 nitrogen and oxygen atoms in total. The molecule has 2 aromatic heterocycles. The molecule has 7 atom stereocenters. The van der Waals surface area contributed by atoms with Gasteiger partial charge in [-0.1, -0.05) is 70.2 Å². The summed E-state index contributed by atoms with van der Waals surface area (Å²) in [7, 11) is -2.28. The molecule has 0 aliphatic carbocycles. The Hall–Kier alpha value is -6.08. The van der Waals surface area contributed by atoms with Gasteiger partial charge >= 0.3 is 37.7 Å². The Kier molecular flexibility index (Phi) is 15.9. The van der Waals surface area contributed by atoms with E-state index in [4.69, 9.17) is 43.2 Å². The second kappa shape index (κ2) is 20.9. The molecule has 1 amide bonds. The van der Waals surface area contributed by atoms with Gasteiger partial charge in [0.1, 0.15) is 48.0 Å². The van der Waals surface area contributed by atoms with Crippen LogP contribution in [0.25, 0.3) is 5.52 Å². The van der Waals surface area contributed by atoms with Crippen LogP contribution in [0, 0.1) is 11.8 Å². The van der Waals surface area contributed by atoms with Gasteiger partial charge in [0.05, 0.1) is 38.4 Å². The molecule has 4 aromatic rings. The van der Waals surface area contributed by atoms with Crippen molar-refractivity contribution in [3.8, 4) is 5.75 Å².